The molecule has 0 saturated carbocycles. The minimum Gasteiger partial charge on any atom is -0.351 e. The molecule has 0 radical (unpaired) electrons. The smallest absolute Gasteiger partial charge is 0.240 e. The number of carbonyl (C=O) groups is 1. The molecular weight excluding hydrogens is 240 g/mol. The molecule has 5 heteroatoms. The highest BCUT2D eigenvalue weighted by Gasteiger charge is 2.35. The van der Waals surface area contributed by atoms with Crippen molar-refractivity contribution in [2.45, 2.75) is 51.6 Å². The Morgan fingerprint density at radius 1 is 1.42 bits per heavy atom. The van der Waals surface area contributed by atoms with Crippen molar-refractivity contribution in [3.05, 3.63) is 0 Å². The molecule has 1 amide bonds. The van der Waals surface area contributed by atoms with Gasteiger partial charge in [0.1, 0.15) is 0 Å². The average Bonchev–Trinajstić information content (AvgIpc) is 2.44. The SMILES string of the molecule is CCCCC(CN)NC(=O)C(C)(C)N1CCNCC1. The van der Waals surface area contributed by atoms with Gasteiger partial charge in [0.15, 0.2) is 0 Å². The van der Waals surface area contributed by atoms with Gasteiger partial charge in [-0.1, -0.05) is 19.8 Å². The second-order valence-electron chi connectivity index (χ2n) is 5.84. The molecule has 1 heterocycles. The molecule has 1 aliphatic rings. The Bertz CT molecular complexity index is 275. The third-order valence-electron chi connectivity index (χ3n) is 3.99. The second kappa shape index (κ2) is 7.82. The normalized spacial score (nSPS) is 19.2. The van der Waals surface area contributed by atoms with Crippen molar-refractivity contribution < 1.29 is 4.79 Å². The van der Waals surface area contributed by atoms with Crippen LogP contribution in [0.4, 0.5) is 0 Å². The summed E-state index contributed by atoms with van der Waals surface area (Å²) in [5.74, 6) is 0.0981. The summed E-state index contributed by atoms with van der Waals surface area (Å²) in [6, 6.07) is 0.106. The molecule has 0 aromatic carbocycles. The van der Waals surface area contributed by atoms with Gasteiger partial charge in [-0.25, -0.2) is 0 Å². The van der Waals surface area contributed by atoms with Crippen molar-refractivity contribution in [1.29, 1.82) is 0 Å². The maximum Gasteiger partial charge on any atom is 0.240 e. The van der Waals surface area contributed by atoms with Crippen LogP contribution < -0.4 is 16.4 Å². The predicted molar refractivity (Wildman–Crippen MR) is 79.0 cm³/mol. The van der Waals surface area contributed by atoms with E-state index in [2.05, 4.69) is 22.5 Å². The van der Waals surface area contributed by atoms with E-state index < -0.39 is 5.54 Å². The molecule has 0 aliphatic carbocycles. The lowest BCUT2D eigenvalue weighted by Gasteiger charge is -2.40. The van der Waals surface area contributed by atoms with Gasteiger partial charge >= 0.3 is 0 Å². The molecule has 1 aliphatic heterocycles. The Morgan fingerprint density at radius 2 is 2.05 bits per heavy atom. The fourth-order valence-corrected chi connectivity index (χ4v) is 2.43. The van der Waals surface area contributed by atoms with Gasteiger partial charge in [0.05, 0.1) is 5.54 Å². The Labute approximate surface area is 117 Å². The van der Waals surface area contributed by atoms with E-state index >= 15 is 0 Å². The van der Waals surface area contributed by atoms with E-state index in [9.17, 15) is 4.79 Å². The van der Waals surface area contributed by atoms with E-state index in [0.717, 1.165) is 45.4 Å². The van der Waals surface area contributed by atoms with E-state index in [1.807, 2.05) is 13.8 Å². The van der Waals surface area contributed by atoms with Crippen molar-refractivity contribution in [2.24, 2.45) is 5.73 Å². The van der Waals surface area contributed by atoms with E-state index in [1.54, 1.807) is 0 Å². The number of rotatable bonds is 7. The quantitative estimate of drug-likeness (QED) is 0.622. The van der Waals surface area contributed by atoms with Gasteiger partial charge in [0.2, 0.25) is 5.91 Å². The van der Waals surface area contributed by atoms with Crippen molar-refractivity contribution in [3.63, 3.8) is 0 Å². The summed E-state index contributed by atoms with van der Waals surface area (Å²) in [6.07, 6.45) is 3.21. The summed E-state index contributed by atoms with van der Waals surface area (Å²) >= 11 is 0. The Morgan fingerprint density at radius 3 is 2.58 bits per heavy atom. The Kier molecular flexibility index (Phi) is 6.75. The zero-order valence-corrected chi connectivity index (χ0v) is 12.7. The molecule has 5 nitrogen and oxygen atoms in total. The molecule has 1 unspecified atom stereocenters. The topological polar surface area (TPSA) is 70.4 Å². The zero-order chi connectivity index (χ0) is 14.3. The molecule has 19 heavy (non-hydrogen) atoms. The first-order valence-corrected chi connectivity index (χ1v) is 7.49. The Hall–Kier alpha value is -0.650. The van der Waals surface area contributed by atoms with Crippen LogP contribution in [0, 0.1) is 0 Å². The number of carbonyl (C=O) groups excluding carboxylic acids is 1. The molecule has 0 bridgehead atoms. The van der Waals surface area contributed by atoms with Gasteiger partial charge < -0.3 is 16.4 Å². The molecule has 0 aromatic rings. The molecule has 4 N–H and O–H groups in total. The van der Waals surface area contributed by atoms with Crippen LogP contribution in [-0.2, 0) is 4.79 Å². The van der Waals surface area contributed by atoms with Crippen LogP contribution in [0.2, 0.25) is 0 Å². The average molecular weight is 270 g/mol. The van der Waals surface area contributed by atoms with Crippen molar-refractivity contribution in [1.82, 2.24) is 15.5 Å². The minimum atomic E-state index is -0.457. The largest absolute Gasteiger partial charge is 0.351 e. The van der Waals surface area contributed by atoms with E-state index in [1.165, 1.54) is 0 Å². The van der Waals surface area contributed by atoms with Crippen molar-refractivity contribution in [3.8, 4) is 0 Å². The minimum absolute atomic E-state index is 0.0981. The molecule has 1 saturated heterocycles. The molecular formula is C14H30N4O. The third-order valence-corrected chi connectivity index (χ3v) is 3.99. The van der Waals surface area contributed by atoms with E-state index in [-0.39, 0.29) is 11.9 Å². The molecule has 1 rings (SSSR count). The number of piperazine rings is 1. The standard InChI is InChI=1S/C14H30N4O/c1-4-5-6-12(11-15)17-13(19)14(2,3)18-9-7-16-8-10-18/h12,16H,4-11,15H2,1-3H3,(H,17,19). The highest BCUT2D eigenvalue weighted by Crippen LogP contribution is 2.16. The van der Waals surface area contributed by atoms with Crippen LogP contribution in [0.15, 0.2) is 0 Å². The second-order valence-corrected chi connectivity index (χ2v) is 5.84. The van der Waals surface area contributed by atoms with Gasteiger partial charge in [-0.2, -0.15) is 0 Å². The highest BCUT2D eigenvalue weighted by atomic mass is 16.2. The van der Waals surface area contributed by atoms with E-state index in [0.29, 0.717) is 6.54 Å². The van der Waals surface area contributed by atoms with Crippen LogP contribution in [0.25, 0.3) is 0 Å². The maximum atomic E-state index is 12.5. The molecule has 0 spiro atoms. The molecule has 0 aromatic heterocycles. The third kappa shape index (κ3) is 4.75. The molecule has 112 valence electrons. The first-order chi connectivity index (χ1) is 9.02. The number of hydrogen-bond donors (Lipinski definition) is 3. The van der Waals surface area contributed by atoms with Gasteiger partial charge in [-0.05, 0) is 20.3 Å². The monoisotopic (exact) mass is 270 g/mol. The van der Waals surface area contributed by atoms with Gasteiger partial charge in [0.25, 0.3) is 0 Å². The predicted octanol–water partition coefficient (Wildman–Crippen LogP) is 0.304. The summed E-state index contributed by atoms with van der Waals surface area (Å²) in [7, 11) is 0. The van der Waals surface area contributed by atoms with E-state index in [4.69, 9.17) is 5.73 Å². The summed E-state index contributed by atoms with van der Waals surface area (Å²) in [5.41, 5.74) is 5.29. The van der Waals surface area contributed by atoms with Gasteiger partial charge in [-0.15, -0.1) is 0 Å². The van der Waals surface area contributed by atoms with Gasteiger partial charge in [-0.3, -0.25) is 9.69 Å². The van der Waals surface area contributed by atoms with Crippen molar-refractivity contribution in [2.75, 3.05) is 32.7 Å². The summed E-state index contributed by atoms with van der Waals surface area (Å²) in [4.78, 5) is 14.7. The zero-order valence-electron chi connectivity index (χ0n) is 12.7. The fraction of sp³-hybridized carbons (Fsp3) is 0.929. The first kappa shape index (κ1) is 16.4. The molecule has 1 fully saturated rings. The lowest BCUT2D eigenvalue weighted by atomic mass is 9.99. The number of hydrogen-bond acceptors (Lipinski definition) is 4. The number of nitrogens with zero attached hydrogens (tertiary/aromatic N) is 1. The fourth-order valence-electron chi connectivity index (χ4n) is 2.43. The van der Waals surface area contributed by atoms with Crippen molar-refractivity contribution >= 4 is 5.91 Å². The van der Waals surface area contributed by atoms with Crippen LogP contribution in [0.5, 0.6) is 0 Å². The lowest BCUT2D eigenvalue weighted by Crippen LogP contribution is -2.61. The lowest BCUT2D eigenvalue weighted by molar-refractivity contribution is -0.132. The van der Waals surface area contributed by atoms with Crippen LogP contribution >= 0.6 is 0 Å². The number of amides is 1. The molecule has 1 atom stereocenters. The number of nitrogens with two attached hydrogens (primary N) is 1. The van der Waals surface area contributed by atoms with Crippen LogP contribution in [0.1, 0.15) is 40.0 Å². The van der Waals surface area contributed by atoms with Crippen LogP contribution in [0.3, 0.4) is 0 Å². The summed E-state index contributed by atoms with van der Waals surface area (Å²) < 4.78 is 0. The summed E-state index contributed by atoms with van der Waals surface area (Å²) in [6.45, 7) is 10.4. The first-order valence-electron chi connectivity index (χ1n) is 7.49. The van der Waals surface area contributed by atoms with Crippen LogP contribution in [-0.4, -0.2) is 55.1 Å². The Balaban J connectivity index is 2.53. The van der Waals surface area contributed by atoms with Gasteiger partial charge in [0, 0.05) is 38.8 Å². The number of nitrogens with one attached hydrogen (secondary N) is 2. The summed E-state index contributed by atoms with van der Waals surface area (Å²) in [5, 5.41) is 6.43. The highest BCUT2D eigenvalue weighted by molar-refractivity contribution is 5.85. The number of unbranched alkanes of at least 4 members (excludes halogenated alkanes) is 1. The maximum absolute atomic E-state index is 12.5.